The Balaban J connectivity index is 1.54. The SMILES string of the molecule is CC1c2ccc(NC(=O)CNCc3ccccc3)c(O)c2C(O)=C2C(=O)[C@]3(O)C(O)=C(C(N)=O)C(=O)[C@@H](N(C)C)C3C(O)C21. The molecule has 13 heteroatoms. The molecule has 13 nitrogen and oxygen atoms in total. The van der Waals surface area contributed by atoms with Crippen molar-refractivity contribution in [3.05, 3.63) is 76.1 Å². The molecular formula is C31H34N4O9. The Hall–Kier alpha value is -4.56. The third-order valence-corrected chi connectivity index (χ3v) is 8.86. The summed E-state index contributed by atoms with van der Waals surface area (Å²) in [5, 5.41) is 62.6. The van der Waals surface area contributed by atoms with Crippen molar-refractivity contribution in [1.82, 2.24) is 10.2 Å². The second-order valence-electron chi connectivity index (χ2n) is 11.6. The van der Waals surface area contributed by atoms with E-state index in [4.69, 9.17) is 5.73 Å². The van der Waals surface area contributed by atoms with Gasteiger partial charge < -0.3 is 41.9 Å². The zero-order chi connectivity index (χ0) is 32.2. The molecule has 44 heavy (non-hydrogen) atoms. The predicted octanol–water partition coefficient (Wildman–Crippen LogP) is 0.224. The van der Waals surface area contributed by atoms with Gasteiger partial charge in [-0.3, -0.25) is 24.1 Å². The van der Waals surface area contributed by atoms with Gasteiger partial charge in [0.15, 0.2) is 11.4 Å². The molecule has 6 atom stereocenters. The number of rotatable bonds is 7. The summed E-state index contributed by atoms with van der Waals surface area (Å²) in [5.74, 6) is -10.4. The van der Waals surface area contributed by atoms with Crippen molar-refractivity contribution in [3.63, 3.8) is 0 Å². The van der Waals surface area contributed by atoms with Crippen LogP contribution in [-0.2, 0) is 25.7 Å². The maximum absolute atomic E-state index is 14.1. The van der Waals surface area contributed by atoms with Gasteiger partial charge in [0.1, 0.15) is 22.8 Å². The number of Topliss-reactive ketones (excluding diaryl/α,β-unsaturated/α-hetero) is 2. The molecule has 0 bridgehead atoms. The van der Waals surface area contributed by atoms with Gasteiger partial charge in [-0.1, -0.05) is 43.3 Å². The summed E-state index contributed by atoms with van der Waals surface area (Å²) >= 11 is 0. The number of likely N-dealkylation sites (N-methyl/N-ethyl adjacent to an activating group) is 1. The van der Waals surface area contributed by atoms with Crippen LogP contribution in [0.1, 0.15) is 29.5 Å². The standard InChI is InChI=1S/C31H34N4O9/c1-13-15-9-10-16(34-17(36)12-33-11-14-7-5-4-6-8-14)24(37)19(15)25(38)20-18(13)26(39)22-23(35(2)3)27(40)21(30(32)43)29(42)31(22,44)28(20)41/h4-10,13,18,22-23,26,33,37-39,42,44H,11-12H2,1-3H3,(H2,32,43)(H,34,36)/t13?,18?,22?,23-,26?,31-/m0/s1. The van der Waals surface area contributed by atoms with Crippen molar-refractivity contribution in [2.45, 2.75) is 37.1 Å². The van der Waals surface area contributed by atoms with Crippen molar-refractivity contribution in [3.8, 4) is 5.75 Å². The minimum absolute atomic E-state index is 0.0665. The molecule has 2 aromatic rings. The zero-order valence-electron chi connectivity index (χ0n) is 24.2. The average molecular weight is 607 g/mol. The third kappa shape index (κ3) is 4.56. The molecule has 2 amide bonds. The van der Waals surface area contributed by atoms with Crippen molar-refractivity contribution in [1.29, 1.82) is 0 Å². The summed E-state index contributed by atoms with van der Waals surface area (Å²) in [6.45, 7) is 1.95. The highest BCUT2D eigenvalue weighted by molar-refractivity contribution is 6.24. The highest BCUT2D eigenvalue weighted by Crippen LogP contribution is 2.56. The van der Waals surface area contributed by atoms with Crippen molar-refractivity contribution < 1.29 is 44.7 Å². The summed E-state index contributed by atoms with van der Waals surface area (Å²) < 4.78 is 0. The number of phenols is 1. The fraction of sp³-hybridized carbons (Fsp3) is 0.355. The third-order valence-electron chi connectivity index (χ3n) is 8.86. The first-order valence-electron chi connectivity index (χ1n) is 14.0. The Morgan fingerprint density at radius 3 is 2.32 bits per heavy atom. The van der Waals surface area contributed by atoms with E-state index in [0.29, 0.717) is 12.1 Å². The monoisotopic (exact) mass is 606 g/mol. The Morgan fingerprint density at radius 2 is 1.70 bits per heavy atom. The van der Waals surface area contributed by atoms with E-state index in [1.165, 1.54) is 31.1 Å². The normalized spacial score (nSPS) is 28.0. The molecule has 1 fully saturated rings. The van der Waals surface area contributed by atoms with Crippen LogP contribution in [0, 0.1) is 11.8 Å². The van der Waals surface area contributed by atoms with Crippen LogP contribution < -0.4 is 16.4 Å². The van der Waals surface area contributed by atoms with Gasteiger partial charge in [0.2, 0.25) is 11.7 Å². The molecule has 0 heterocycles. The number of nitrogens with zero attached hydrogens (tertiary/aromatic N) is 1. The van der Waals surface area contributed by atoms with Crippen molar-refractivity contribution in [2.24, 2.45) is 17.6 Å². The highest BCUT2D eigenvalue weighted by atomic mass is 16.4. The van der Waals surface area contributed by atoms with Crippen molar-refractivity contribution in [2.75, 3.05) is 26.0 Å². The van der Waals surface area contributed by atoms with Crippen LogP contribution >= 0.6 is 0 Å². The van der Waals surface area contributed by atoms with Crippen LogP contribution in [0.2, 0.25) is 0 Å². The molecule has 0 aliphatic heterocycles. The highest BCUT2D eigenvalue weighted by Gasteiger charge is 2.68. The largest absolute Gasteiger partial charge is 0.508 e. The van der Waals surface area contributed by atoms with Crippen molar-refractivity contribution >= 4 is 34.8 Å². The minimum Gasteiger partial charge on any atom is -0.508 e. The number of primary amides is 1. The van der Waals surface area contributed by atoms with Gasteiger partial charge in [0.05, 0.1) is 35.9 Å². The number of ketones is 2. The smallest absolute Gasteiger partial charge is 0.255 e. The Kier molecular flexibility index (Phi) is 7.84. The van der Waals surface area contributed by atoms with Gasteiger partial charge in [-0.15, -0.1) is 0 Å². The Labute approximate surface area is 252 Å². The van der Waals surface area contributed by atoms with E-state index in [1.807, 2.05) is 30.3 Å². The van der Waals surface area contributed by atoms with E-state index in [0.717, 1.165) is 5.56 Å². The number of aliphatic hydroxyl groups excluding tert-OH is 3. The number of fused-ring (bicyclic) bond motifs is 3. The van der Waals surface area contributed by atoms with Gasteiger partial charge in [0.25, 0.3) is 5.91 Å². The van der Waals surface area contributed by atoms with E-state index in [-0.39, 0.29) is 17.8 Å². The summed E-state index contributed by atoms with van der Waals surface area (Å²) in [7, 11) is 2.88. The molecule has 3 aliphatic carbocycles. The lowest BCUT2D eigenvalue weighted by Gasteiger charge is -2.53. The summed E-state index contributed by atoms with van der Waals surface area (Å²) in [6.07, 6.45) is -1.69. The maximum Gasteiger partial charge on any atom is 0.255 e. The van der Waals surface area contributed by atoms with Crippen LogP contribution in [0.5, 0.6) is 5.75 Å². The molecule has 232 valence electrons. The lowest BCUT2D eigenvalue weighted by Crippen LogP contribution is -2.70. The number of nitrogens with one attached hydrogen (secondary N) is 2. The number of aromatic hydroxyl groups is 1. The molecule has 0 spiro atoms. The number of nitrogens with two attached hydrogens (primary N) is 1. The fourth-order valence-electron chi connectivity index (χ4n) is 6.83. The van der Waals surface area contributed by atoms with E-state index < -0.39 is 87.3 Å². The molecule has 4 unspecified atom stereocenters. The number of hydrogen-bond donors (Lipinski definition) is 8. The van der Waals surface area contributed by atoms with E-state index in [1.54, 1.807) is 6.92 Å². The van der Waals surface area contributed by atoms with Gasteiger partial charge in [-0.05, 0) is 37.2 Å². The summed E-state index contributed by atoms with van der Waals surface area (Å²) in [5.41, 5.74) is 1.84. The number of carbonyl (C=O) groups is 4. The number of benzene rings is 2. The van der Waals surface area contributed by atoms with Crippen LogP contribution in [0.25, 0.3) is 5.76 Å². The van der Waals surface area contributed by atoms with Crippen LogP contribution in [0.15, 0.2) is 59.4 Å². The molecule has 2 aromatic carbocycles. The second-order valence-corrected chi connectivity index (χ2v) is 11.6. The van der Waals surface area contributed by atoms with Gasteiger partial charge in [-0.2, -0.15) is 0 Å². The molecule has 0 radical (unpaired) electrons. The van der Waals surface area contributed by atoms with E-state index >= 15 is 0 Å². The minimum atomic E-state index is -3.00. The van der Waals surface area contributed by atoms with E-state index in [9.17, 15) is 44.7 Å². The topological polar surface area (TPSA) is 223 Å². The van der Waals surface area contributed by atoms with Gasteiger partial charge >= 0.3 is 0 Å². The second kappa shape index (κ2) is 11.2. The summed E-state index contributed by atoms with van der Waals surface area (Å²) in [6, 6.07) is 10.9. The quantitative estimate of drug-likeness (QED) is 0.157. The van der Waals surface area contributed by atoms with E-state index in [2.05, 4.69) is 10.6 Å². The first kappa shape index (κ1) is 30.9. The fourth-order valence-corrected chi connectivity index (χ4v) is 6.83. The number of phenolic OH excluding ortho intramolecular Hbond substituents is 1. The first-order valence-corrected chi connectivity index (χ1v) is 14.0. The molecule has 1 saturated carbocycles. The first-order chi connectivity index (χ1) is 20.7. The number of hydrogen-bond acceptors (Lipinski definition) is 11. The Bertz CT molecular complexity index is 1630. The molecule has 9 N–H and O–H groups in total. The zero-order valence-corrected chi connectivity index (χ0v) is 24.2. The van der Waals surface area contributed by atoms with Gasteiger partial charge in [0, 0.05) is 18.0 Å². The molecule has 0 saturated heterocycles. The van der Waals surface area contributed by atoms with Crippen LogP contribution in [-0.4, -0.2) is 92.2 Å². The lowest BCUT2D eigenvalue weighted by molar-refractivity contribution is -0.169. The Morgan fingerprint density at radius 1 is 1.05 bits per heavy atom. The summed E-state index contributed by atoms with van der Waals surface area (Å²) in [4.78, 5) is 53.4. The number of carbonyl (C=O) groups excluding carboxylic acids is 4. The maximum atomic E-state index is 14.1. The number of aliphatic hydroxyl groups is 4. The van der Waals surface area contributed by atoms with Crippen LogP contribution in [0.3, 0.4) is 0 Å². The lowest BCUT2D eigenvalue weighted by atomic mass is 9.54. The average Bonchev–Trinajstić information content (AvgIpc) is 2.96. The van der Waals surface area contributed by atoms with Crippen LogP contribution in [0.4, 0.5) is 5.69 Å². The molecular weight excluding hydrogens is 572 g/mol. The number of anilines is 1. The number of amides is 2. The molecule has 0 aromatic heterocycles. The predicted molar refractivity (Wildman–Crippen MR) is 157 cm³/mol. The molecule has 5 rings (SSSR count). The molecule has 3 aliphatic rings. The van der Waals surface area contributed by atoms with Gasteiger partial charge in [-0.25, -0.2) is 0 Å².